The third-order valence-corrected chi connectivity index (χ3v) is 2.31. The summed E-state index contributed by atoms with van der Waals surface area (Å²) in [4.78, 5) is 10.8. The van der Waals surface area contributed by atoms with Gasteiger partial charge in [0.25, 0.3) is 0 Å². The summed E-state index contributed by atoms with van der Waals surface area (Å²) in [5, 5.41) is 13.1. The molecular weight excluding hydrogens is 168 g/mol. The van der Waals surface area contributed by atoms with Crippen LogP contribution in [0, 0.1) is 0 Å². The van der Waals surface area contributed by atoms with E-state index in [1.54, 1.807) is 10.7 Å². The fourth-order valence-electron chi connectivity index (χ4n) is 1.43. The molecule has 1 heterocycles. The van der Waals surface area contributed by atoms with Crippen LogP contribution < -0.4 is 0 Å². The van der Waals surface area contributed by atoms with Crippen LogP contribution in [0.25, 0.3) is 0 Å². The zero-order valence-corrected chi connectivity index (χ0v) is 7.53. The lowest BCUT2D eigenvalue weighted by Gasteiger charge is -1.97. The predicted molar refractivity (Wildman–Crippen MR) is 46.8 cm³/mol. The zero-order chi connectivity index (χ0) is 9.42. The second-order valence-electron chi connectivity index (χ2n) is 3.35. The minimum absolute atomic E-state index is 0.310. The summed E-state index contributed by atoms with van der Waals surface area (Å²) >= 11 is 0. The van der Waals surface area contributed by atoms with Gasteiger partial charge in [-0.1, -0.05) is 0 Å². The van der Waals surface area contributed by atoms with Crippen LogP contribution in [-0.2, 0) is 6.54 Å². The van der Waals surface area contributed by atoms with E-state index in [2.05, 4.69) is 5.10 Å². The highest BCUT2D eigenvalue weighted by Gasteiger charge is 2.28. The van der Waals surface area contributed by atoms with E-state index in [1.807, 2.05) is 6.92 Å². The molecule has 1 N–H and O–H groups in total. The molecule has 70 valence electrons. The number of nitrogens with zero attached hydrogens (tertiary/aromatic N) is 2. The Bertz CT molecular complexity index is 339. The minimum Gasteiger partial charge on any atom is -0.477 e. The molecule has 0 spiro atoms. The summed E-state index contributed by atoms with van der Waals surface area (Å²) in [5.74, 6) is -0.368. The first-order chi connectivity index (χ1) is 6.22. The minimum atomic E-state index is -0.888. The summed E-state index contributed by atoms with van der Waals surface area (Å²) < 4.78 is 1.55. The lowest BCUT2D eigenvalue weighted by molar-refractivity contribution is 0.0683. The molecule has 0 saturated heterocycles. The van der Waals surface area contributed by atoms with Gasteiger partial charge in [-0.15, -0.1) is 0 Å². The molecular formula is C9H12N2O2. The van der Waals surface area contributed by atoms with Gasteiger partial charge < -0.3 is 5.11 Å². The lowest BCUT2D eigenvalue weighted by atomic mass is 10.3. The molecule has 1 saturated carbocycles. The zero-order valence-electron chi connectivity index (χ0n) is 7.53. The smallest absolute Gasteiger partial charge is 0.354 e. The van der Waals surface area contributed by atoms with Crippen molar-refractivity contribution in [1.29, 1.82) is 0 Å². The molecule has 0 unspecified atom stereocenters. The monoisotopic (exact) mass is 180 g/mol. The fourth-order valence-corrected chi connectivity index (χ4v) is 1.43. The highest BCUT2D eigenvalue weighted by Crippen LogP contribution is 2.39. The largest absolute Gasteiger partial charge is 0.477 e. The second-order valence-corrected chi connectivity index (χ2v) is 3.35. The molecule has 1 aromatic heterocycles. The standard InChI is InChI=1S/C9H12N2O2/c1-2-11-8(9(12)13)5-7(10-11)6-3-4-6/h5-6H,2-4H2,1H3,(H,12,13). The maximum Gasteiger partial charge on any atom is 0.354 e. The van der Waals surface area contributed by atoms with Crippen LogP contribution in [0.2, 0.25) is 0 Å². The molecule has 0 amide bonds. The quantitative estimate of drug-likeness (QED) is 0.766. The highest BCUT2D eigenvalue weighted by molar-refractivity contribution is 5.85. The van der Waals surface area contributed by atoms with Crippen LogP contribution in [0.15, 0.2) is 6.07 Å². The predicted octanol–water partition coefficient (Wildman–Crippen LogP) is 1.48. The summed E-state index contributed by atoms with van der Waals surface area (Å²) in [6, 6.07) is 1.70. The molecule has 4 heteroatoms. The Morgan fingerprint density at radius 1 is 1.77 bits per heavy atom. The normalized spacial score (nSPS) is 16.1. The van der Waals surface area contributed by atoms with Gasteiger partial charge in [-0.05, 0) is 25.8 Å². The van der Waals surface area contributed by atoms with E-state index in [0.29, 0.717) is 18.2 Å². The Morgan fingerprint density at radius 2 is 2.46 bits per heavy atom. The van der Waals surface area contributed by atoms with Crippen molar-refractivity contribution in [3.8, 4) is 0 Å². The number of aromatic nitrogens is 2. The molecule has 0 bridgehead atoms. The molecule has 0 aliphatic heterocycles. The molecule has 1 aromatic rings. The van der Waals surface area contributed by atoms with E-state index >= 15 is 0 Å². The van der Waals surface area contributed by atoms with E-state index < -0.39 is 5.97 Å². The van der Waals surface area contributed by atoms with Crippen molar-refractivity contribution in [2.75, 3.05) is 0 Å². The third-order valence-electron chi connectivity index (χ3n) is 2.31. The Hall–Kier alpha value is -1.32. The molecule has 2 rings (SSSR count). The molecule has 13 heavy (non-hydrogen) atoms. The van der Waals surface area contributed by atoms with Crippen LogP contribution in [0.4, 0.5) is 0 Å². The summed E-state index contributed by atoms with van der Waals surface area (Å²) in [6.07, 6.45) is 2.31. The van der Waals surface area contributed by atoms with Crippen LogP contribution in [0.1, 0.15) is 41.9 Å². The van der Waals surface area contributed by atoms with E-state index in [9.17, 15) is 4.79 Å². The van der Waals surface area contributed by atoms with Gasteiger partial charge >= 0.3 is 5.97 Å². The Balaban J connectivity index is 2.36. The van der Waals surface area contributed by atoms with Crippen LogP contribution >= 0.6 is 0 Å². The van der Waals surface area contributed by atoms with Crippen molar-refractivity contribution in [1.82, 2.24) is 9.78 Å². The number of hydrogen-bond donors (Lipinski definition) is 1. The molecule has 0 atom stereocenters. The van der Waals surface area contributed by atoms with E-state index in [1.165, 1.54) is 0 Å². The van der Waals surface area contributed by atoms with E-state index in [4.69, 9.17) is 5.11 Å². The SMILES string of the molecule is CCn1nc(C2CC2)cc1C(=O)O. The molecule has 1 aliphatic carbocycles. The van der Waals surface area contributed by atoms with E-state index in [0.717, 1.165) is 18.5 Å². The van der Waals surface area contributed by atoms with Gasteiger partial charge in [0.15, 0.2) is 0 Å². The Kier molecular flexibility index (Phi) is 1.83. The van der Waals surface area contributed by atoms with Gasteiger partial charge in [0, 0.05) is 12.5 Å². The van der Waals surface area contributed by atoms with Crippen LogP contribution in [0.3, 0.4) is 0 Å². The summed E-state index contributed by atoms with van der Waals surface area (Å²) in [7, 11) is 0. The number of aryl methyl sites for hydroxylation is 1. The summed E-state index contributed by atoms with van der Waals surface area (Å²) in [6.45, 7) is 2.52. The number of hydrogen-bond acceptors (Lipinski definition) is 2. The van der Waals surface area contributed by atoms with Crippen molar-refractivity contribution < 1.29 is 9.90 Å². The van der Waals surface area contributed by atoms with Crippen molar-refractivity contribution in [2.24, 2.45) is 0 Å². The molecule has 1 fully saturated rings. The van der Waals surface area contributed by atoms with Crippen molar-refractivity contribution in [2.45, 2.75) is 32.2 Å². The van der Waals surface area contributed by atoms with Gasteiger partial charge in [0.05, 0.1) is 5.69 Å². The first-order valence-electron chi connectivity index (χ1n) is 4.53. The van der Waals surface area contributed by atoms with Gasteiger partial charge in [0.1, 0.15) is 5.69 Å². The second kappa shape index (κ2) is 2.87. The third kappa shape index (κ3) is 1.43. The Morgan fingerprint density at radius 3 is 2.85 bits per heavy atom. The van der Waals surface area contributed by atoms with Gasteiger partial charge in [-0.25, -0.2) is 4.79 Å². The number of carboxylic acid groups (broad SMARTS) is 1. The molecule has 1 aliphatic rings. The van der Waals surface area contributed by atoms with Crippen LogP contribution in [-0.4, -0.2) is 20.9 Å². The lowest BCUT2D eigenvalue weighted by Crippen LogP contribution is -2.08. The van der Waals surface area contributed by atoms with Crippen LogP contribution in [0.5, 0.6) is 0 Å². The molecule has 0 radical (unpaired) electrons. The first kappa shape index (κ1) is 8.29. The van der Waals surface area contributed by atoms with Crippen molar-refractivity contribution in [3.05, 3.63) is 17.5 Å². The number of aromatic carboxylic acids is 1. The summed E-state index contributed by atoms with van der Waals surface area (Å²) in [5.41, 5.74) is 1.25. The molecule has 4 nitrogen and oxygen atoms in total. The van der Waals surface area contributed by atoms with Crippen molar-refractivity contribution >= 4 is 5.97 Å². The maximum atomic E-state index is 10.8. The Labute approximate surface area is 76.2 Å². The first-order valence-corrected chi connectivity index (χ1v) is 4.53. The van der Waals surface area contributed by atoms with Crippen molar-refractivity contribution in [3.63, 3.8) is 0 Å². The maximum absolute atomic E-state index is 10.8. The van der Waals surface area contributed by atoms with Gasteiger partial charge in [-0.2, -0.15) is 5.10 Å². The van der Waals surface area contributed by atoms with Gasteiger partial charge in [0.2, 0.25) is 0 Å². The number of carboxylic acids is 1. The fraction of sp³-hybridized carbons (Fsp3) is 0.556. The highest BCUT2D eigenvalue weighted by atomic mass is 16.4. The average molecular weight is 180 g/mol. The topological polar surface area (TPSA) is 55.1 Å². The molecule has 0 aromatic carbocycles. The van der Waals surface area contributed by atoms with Gasteiger partial charge in [-0.3, -0.25) is 4.68 Å². The number of rotatable bonds is 3. The van der Waals surface area contributed by atoms with E-state index in [-0.39, 0.29) is 0 Å². The average Bonchev–Trinajstić information content (AvgIpc) is 2.84. The number of carbonyl (C=O) groups is 1.